The van der Waals surface area contributed by atoms with Crippen LogP contribution in [-0.2, 0) is 10.2 Å². The minimum Gasteiger partial charge on any atom is -0.450 e. The van der Waals surface area contributed by atoms with E-state index >= 15 is 0 Å². The minimum absolute atomic E-state index is 0.0634. The lowest BCUT2D eigenvalue weighted by molar-refractivity contribution is 0.359. The zero-order chi connectivity index (χ0) is 27.4. The lowest BCUT2D eigenvalue weighted by Gasteiger charge is -2.25. The number of benzene rings is 5. The summed E-state index contributed by atoms with van der Waals surface area (Å²) in [7, 11) is 0. The smallest absolute Gasteiger partial charge is 0.221 e. The van der Waals surface area contributed by atoms with E-state index in [4.69, 9.17) is 25.0 Å². The Hall–Kier alpha value is -5.16. The monoisotopic (exact) mass is 522 g/mol. The van der Waals surface area contributed by atoms with Gasteiger partial charge in [-0.1, -0.05) is 74.5 Å². The van der Waals surface area contributed by atoms with E-state index in [2.05, 4.69) is 50.2 Å². The highest BCUT2D eigenvalue weighted by atomic mass is 16.6. The van der Waals surface area contributed by atoms with Gasteiger partial charge >= 0.3 is 0 Å². The molecule has 0 fully saturated rings. The van der Waals surface area contributed by atoms with Crippen LogP contribution < -0.4 is 9.47 Å². The largest absolute Gasteiger partial charge is 0.450 e. The van der Waals surface area contributed by atoms with Gasteiger partial charge in [-0.05, 0) is 81.9 Å². The van der Waals surface area contributed by atoms with E-state index in [0.717, 1.165) is 11.1 Å². The topological polar surface area (TPSA) is 75.4 Å². The van der Waals surface area contributed by atoms with Gasteiger partial charge in [0.15, 0.2) is 23.0 Å². The molecule has 5 aromatic rings. The van der Waals surface area contributed by atoms with Crippen molar-refractivity contribution in [2.45, 2.75) is 19.3 Å². The maximum Gasteiger partial charge on any atom is 0.221 e. The third kappa shape index (κ3) is 3.86. The molecule has 0 spiro atoms. The molecule has 0 bridgehead atoms. The molecule has 7 rings (SSSR count). The first-order valence-corrected chi connectivity index (χ1v) is 13.2. The van der Waals surface area contributed by atoms with Crippen LogP contribution in [0.15, 0.2) is 109 Å². The fourth-order valence-electron chi connectivity index (χ4n) is 5.61. The van der Waals surface area contributed by atoms with E-state index in [1.54, 1.807) is 18.2 Å². The Kier molecular flexibility index (Phi) is 5.35. The second-order valence-corrected chi connectivity index (χ2v) is 10.6. The van der Waals surface area contributed by atoms with Crippen LogP contribution in [0.25, 0.3) is 22.3 Å². The van der Waals surface area contributed by atoms with Crippen LogP contribution in [0.1, 0.15) is 36.1 Å². The van der Waals surface area contributed by atoms with E-state index in [9.17, 15) is 0 Å². The highest BCUT2D eigenvalue weighted by molar-refractivity contribution is 6.05. The summed E-state index contributed by atoms with van der Waals surface area (Å²) in [5.74, 6) is 2.56. The van der Waals surface area contributed by atoms with Crippen LogP contribution >= 0.6 is 0 Å². The van der Waals surface area contributed by atoms with Gasteiger partial charge in [-0.3, -0.25) is 10.8 Å². The van der Waals surface area contributed by atoms with Crippen molar-refractivity contribution in [2.75, 3.05) is 0 Å². The lowest BCUT2D eigenvalue weighted by atomic mass is 9.82. The van der Waals surface area contributed by atoms with Crippen molar-refractivity contribution in [3.63, 3.8) is 0 Å². The Morgan fingerprint density at radius 1 is 0.550 bits per heavy atom. The summed E-state index contributed by atoms with van der Waals surface area (Å²) in [6.45, 7) is 4.49. The van der Waals surface area contributed by atoms with Gasteiger partial charge < -0.3 is 14.2 Å². The number of rotatable bonds is 3. The molecule has 0 amide bonds. The van der Waals surface area contributed by atoms with Gasteiger partial charge in [-0.2, -0.15) is 0 Å². The molecule has 1 aliphatic carbocycles. The van der Waals surface area contributed by atoms with E-state index in [1.807, 2.05) is 54.6 Å². The first-order chi connectivity index (χ1) is 19.4. The molecule has 1 aliphatic heterocycles. The predicted octanol–water partition coefficient (Wildman–Crippen LogP) is 8.93. The van der Waals surface area contributed by atoms with Crippen molar-refractivity contribution in [3.8, 4) is 45.3 Å². The molecule has 0 aromatic heterocycles. The second kappa shape index (κ2) is 8.95. The van der Waals surface area contributed by atoms with E-state index in [-0.39, 0.29) is 17.2 Å². The average molecular weight is 523 g/mol. The SMILES string of the molecule is CC1(C)c2ccccc2-c2cc3c(cc21)Oc1ccc(-c2cccc(C(=N)OC(=N)c4ccccc4)c2)cc1O3. The van der Waals surface area contributed by atoms with Gasteiger partial charge in [0.25, 0.3) is 0 Å². The zero-order valence-corrected chi connectivity index (χ0v) is 22.1. The molecule has 1 heterocycles. The molecule has 0 unspecified atom stereocenters. The number of ether oxygens (including phenoxy) is 3. The Labute approximate surface area is 232 Å². The Balaban J connectivity index is 1.17. The van der Waals surface area contributed by atoms with Crippen LogP contribution in [0, 0.1) is 10.8 Å². The van der Waals surface area contributed by atoms with Gasteiger partial charge in [-0.15, -0.1) is 0 Å². The van der Waals surface area contributed by atoms with E-state index in [0.29, 0.717) is 34.1 Å². The summed E-state index contributed by atoms with van der Waals surface area (Å²) in [5, 5.41) is 16.6. The molecule has 0 atom stereocenters. The highest BCUT2D eigenvalue weighted by Crippen LogP contribution is 2.55. The number of fused-ring (bicyclic) bond motifs is 5. The van der Waals surface area contributed by atoms with E-state index < -0.39 is 0 Å². The molecule has 5 heteroatoms. The fraction of sp³-hybridized carbons (Fsp3) is 0.0857. The Morgan fingerprint density at radius 3 is 2.05 bits per heavy atom. The number of nitrogens with one attached hydrogen (secondary N) is 2. The Bertz CT molecular complexity index is 1840. The molecule has 2 aliphatic rings. The summed E-state index contributed by atoms with van der Waals surface area (Å²) in [6, 6.07) is 35.3. The van der Waals surface area contributed by atoms with Gasteiger partial charge in [0.05, 0.1) is 0 Å². The van der Waals surface area contributed by atoms with Crippen molar-refractivity contribution < 1.29 is 14.2 Å². The molecule has 0 saturated carbocycles. The van der Waals surface area contributed by atoms with Crippen molar-refractivity contribution >= 4 is 11.8 Å². The maximum absolute atomic E-state index is 8.43. The molecule has 0 radical (unpaired) electrons. The van der Waals surface area contributed by atoms with Crippen molar-refractivity contribution in [1.82, 2.24) is 0 Å². The van der Waals surface area contributed by atoms with Crippen LogP contribution in [0.5, 0.6) is 23.0 Å². The molecular weight excluding hydrogens is 496 g/mol. The van der Waals surface area contributed by atoms with E-state index in [1.165, 1.54) is 22.3 Å². The highest BCUT2D eigenvalue weighted by Gasteiger charge is 2.37. The van der Waals surface area contributed by atoms with Crippen molar-refractivity contribution in [1.29, 1.82) is 10.8 Å². The number of hydrogen-bond acceptors (Lipinski definition) is 5. The first kappa shape index (κ1) is 23.9. The summed E-state index contributed by atoms with van der Waals surface area (Å²) >= 11 is 0. The van der Waals surface area contributed by atoms with Crippen LogP contribution in [0.3, 0.4) is 0 Å². The van der Waals surface area contributed by atoms with Crippen LogP contribution in [0.4, 0.5) is 0 Å². The van der Waals surface area contributed by atoms with Gasteiger partial charge in [0.2, 0.25) is 11.8 Å². The average Bonchev–Trinajstić information content (AvgIpc) is 3.21. The minimum atomic E-state index is -0.115. The van der Waals surface area contributed by atoms with Crippen LogP contribution in [0.2, 0.25) is 0 Å². The molecule has 5 aromatic carbocycles. The zero-order valence-electron chi connectivity index (χ0n) is 22.1. The molecular formula is C35H26N2O3. The summed E-state index contributed by atoms with van der Waals surface area (Å²) in [6.07, 6.45) is 0. The van der Waals surface area contributed by atoms with Gasteiger partial charge in [0.1, 0.15) is 0 Å². The molecule has 0 saturated heterocycles. The van der Waals surface area contributed by atoms with Gasteiger partial charge in [-0.25, -0.2) is 0 Å². The van der Waals surface area contributed by atoms with Crippen molar-refractivity contribution in [2.24, 2.45) is 0 Å². The van der Waals surface area contributed by atoms with Crippen molar-refractivity contribution in [3.05, 3.63) is 131 Å². The molecule has 194 valence electrons. The summed E-state index contributed by atoms with van der Waals surface area (Å²) in [5.41, 5.74) is 7.85. The maximum atomic E-state index is 8.43. The van der Waals surface area contributed by atoms with Crippen LogP contribution in [-0.4, -0.2) is 11.8 Å². The fourth-order valence-corrected chi connectivity index (χ4v) is 5.61. The molecule has 2 N–H and O–H groups in total. The standard InChI is InChI=1S/C35H26N2O3/c1-35(2)27-14-7-6-13-25(27)26-19-31-32(20-28(26)35)38-29-16-15-23(18-30(29)39-31)22-11-8-12-24(17-22)34(37)40-33(36)21-9-4-3-5-10-21/h3-20,36-37H,1-2H3. The summed E-state index contributed by atoms with van der Waals surface area (Å²) < 4.78 is 18.3. The third-order valence-electron chi connectivity index (χ3n) is 7.73. The lowest BCUT2D eigenvalue weighted by Crippen LogP contribution is -2.15. The quantitative estimate of drug-likeness (QED) is 0.180. The second-order valence-electron chi connectivity index (χ2n) is 10.6. The number of hydrogen-bond donors (Lipinski definition) is 2. The molecule has 5 nitrogen and oxygen atoms in total. The molecule has 40 heavy (non-hydrogen) atoms. The first-order valence-electron chi connectivity index (χ1n) is 13.2. The predicted molar refractivity (Wildman–Crippen MR) is 157 cm³/mol. The Morgan fingerprint density at radius 2 is 1.20 bits per heavy atom. The summed E-state index contributed by atoms with van der Waals surface area (Å²) in [4.78, 5) is 0. The normalized spacial score (nSPS) is 13.6. The van der Waals surface area contributed by atoms with Gasteiger partial charge in [0, 0.05) is 16.5 Å². The third-order valence-corrected chi connectivity index (χ3v) is 7.73.